The van der Waals surface area contributed by atoms with Crippen LogP contribution in [0, 0.1) is 17.0 Å². The van der Waals surface area contributed by atoms with Crippen molar-refractivity contribution in [2.45, 2.75) is 26.4 Å². The zero-order valence-corrected chi connectivity index (χ0v) is 11.8. The van der Waals surface area contributed by atoms with Gasteiger partial charge < -0.3 is 5.32 Å². The predicted octanol–water partition coefficient (Wildman–Crippen LogP) is 0.540. The number of carbonyl (C=O) groups excluding carboxylic acids is 1. The van der Waals surface area contributed by atoms with Crippen LogP contribution < -0.4 is 5.32 Å². The number of nitro groups is 1. The van der Waals surface area contributed by atoms with Crippen molar-refractivity contribution in [1.29, 1.82) is 0 Å². The first-order valence-corrected chi connectivity index (χ1v) is 6.38. The molecular weight excluding hydrogens is 276 g/mol. The van der Waals surface area contributed by atoms with Crippen LogP contribution in [-0.2, 0) is 24.9 Å². The molecule has 2 heterocycles. The summed E-state index contributed by atoms with van der Waals surface area (Å²) >= 11 is 0. The molecule has 2 aromatic rings. The first kappa shape index (κ1) is 14.7. The lowest BCUT2D eigenvalue weighted by Gasteiger charge is -2.05. The Morgan fingerprint density at radius 1 is 1.43 bits per heavy atom. The van der Waals surface area contributed by atoms with Crippen LogP contribution in [0.2, 0.25) is 0 Å². The third kappa shape index (κ3) is 3.65. The van der Waals surface area contributed by atoms with Crippen molar-refractivity contribution in [3.05, 3.63) is 40.0 Å². The van der Waals surface area contributed by atoms with Crippen LogP contribution in [-0.4, -0.2) is 30.4 Å². The second kappa shape index (κ2) is 6.16. The highest BCUT2D eigenvalue weighted by atomic mass is 16.6. The van der Waals surface area contributed by atoms with Gasteiger partial charge >= 0.3 is 5.69 Å². The van der Waals surface area contributed by atoms with Gasteiger partial charge in [0.25, 0.3) is 0 Å². The van der Waals surface area contributed by atoms with E-state index in [4.69, 9.17) is 0 Å². The fraction of sp³-hybridized carbons (Fsp3) is 0.417. The van der Waals surface area contributed by atoms with E-state index in [0.29, 0.717) is 18.8 Å². The Morgan fingerprint density at radius 2 is 2.19 bits per heavy atom. The van der Waals surface area contributed by atoms with Crippen LogP contribution in [0.3, 0.4) is 0 Å². The van der Waals surface area contributed by atoms with Crippen LogP contribution in [0.4, 0.5) is 5.69 Å². The summed E-state index contributed by atoms with van der Waals surface area (Å²) in [5, 5.41) is 21.4. The molecule has 2 rings (SSSR count). The molecule has 0 aliphatic heterocycles. The average molecular weight is 292 g/mol. The SMILES string of the molecule is Cc1c([N+](=O)[O-])cnn1CCC(=O)NCc1cnn(C)c1. The fourth-order valence-electron chi connectivity index (χ4n) is 1.90. The van der Waals surface area contributed by atoms with Crippen LogP contribution in [0.15, 0.2) is 18.6 Å². The van der Waals surface area contributed by atoms with Gasteiger partial charge in [0.2, 0.25) is 5.91 Å². The van der Waals surface area contributed by atoms with Crippen molar-refractivity contribution in [3.8, 4) is 0 Å². The molecule has 0 saturated heterocycles. The maximum atomic E-state index is 11.7. The molecule has 9 nitrogen and oxygen atoms in total. The summed E-state index contributed by atoms with van der Waals surface area (Å²) in [7, 11) is 1.80. The number of rotatable bonds is 6. The molecule has 0 bridgehead atoms. The summed E-state index contributed by atoms with van der Waals surface area (Å²) in [5.74, 6) is -0.142. The molecule has 1 N–H and O–H groups in total. The van der Waals surface area contributed by atoms with Gasteiger partial charge in [-0.15, -0.1) is 0 Å². The topological polar surface area (TPSA) is 108 Å². The van der Waals surface area contributed by atoms with Gasteiger partial charge in [-0.1, -0.05) is 0 Å². The van der Waals surface area contributed by atoms with Crippen molar-refractivity contribution in [2.24, 2.45) is 7.05 Å². The Morgan fingerprint density at radius 3 is 2.76 bits per heavy atom. The Balaban J connectivity index is 1.82. The fourth-order valence-corrected chi connectivity index (χ4v) is 1.90. The first-order valence-electron chi connectivity index (χ1n) is 6.38. The van der Waals surface area contributed by atoms with E-state index in [1.54, 1.807) is 24.9 Å². The average Bonchev–Trinajstić information content (AvgIpc) is 3.00. The summed E-state index contributed by atoms with van der Waals surface area (Å²) < 4.78 is 3.12. The zero-order chi connectivity index (χ0) is 15.4. The number of hydrogen-bond donors (Lipinski definition) is 1. The lowest BCUT2D eigenvalue weighted by atomic mass is 10.3. The molecule has 0 aliphatic rings. The molecule has 1 amide bonds. The number of hydrogen-bond acceptors (Lipinski definition) is 5. The van der Waals surface area contributed by atoms with Crippen molar-refractivity contribution in [2.75, 3.05) is 0 Å². The number of aryl methyl sites for hydroxylation is 2. The largest absolute Gasteiger partial charge is 0.352 e. The van der Waals surface area contributed by atoms with Gasteiger partial charge in [-0.25, -0.2) is 0 Å². The van der Waals surface area contributed by atoms with Gasteiger partial charge in [0.05, 0.1) is 17.7 Å². The number of nitrogens with zero attached hydrogens (tertiary/aromatic N) is 5. The summed E-state index contributed by atoms with van der Waals surface area (Å²) in [6, 6.07) is 0. The molecule has 112 valence electrons. The number of carbonyl (C=O) groups is 1. The van der Waals surface area contributed by atoms with Gasteiger partial charge in [-0.3, -0.25) is 24.3 Å². The minimum Gasteiger partial charge on any atom is -0.352 e. The summed E-state index contributed by atoms with van der Waals surface area (Å²) in [4.78, 5) is 21.9. The zero-order valence-electron chi connectivity index (χ0n) is 11.8. The molecule has 21 heavy (non-hydrogen) atoms. The van der Waals surface area contributed by atoms with E-state index in [1.165, 1.54) is 10.9 Å². The summed E-state index contributed by atoms with van der Waals surface area (Å²) in [6.45, 7) is 2.32. The monoisotopic (exact) mass is 292 g/mol. The quantitative estimate of drug-likeness (QED) is 0.617. The third-order valence-electron chi connectivity index (χ3n) is 3.07. The number of nitrogens with one attached hydrogen (secondary N) is 1. The van der Waals surface area contributed by atoms with E-state index < -0.39 is 4.92 Å². The van der Waals surface area contributed by atoms with Crippen molar-refractivity contribution in [1.82, 2.24) is 24.9 Å². The van der Waals surface area contributed by atoms with Gasteiger partial charge in [0, 0.05) is 31.8 Å². The highest BCUT2D eigenvalue weighted by Gasteiger charge is 2.16. The lowest BCUT2D eigenvalue weighted by molar-refractivity contribution is -0.385. The Bertz CT molecular complexity index is 660. The van der Waals surface area contributed by atoms with E-state index in [0.717, 1.165) is 5.56 Å². The Kier molecular flexibility index (Phi) is 4.31. The standard InChI is InChI=1S/C12H16N6O3/c1-9-11(18(20)21)7-15-17(9)4-3-12(19)13-5-10-6-14-16(2)8-10/h6-8H,3-5H2,1-2H3,(H,13,19). The maximum Gasteiger partial charge on any atom is 0.309 e. The molecular formula is C12H16N6O3. The van der Waals surface area contributed by atoms with E-state index in [9.17, 15) is 14.9 Å². The van der Waals surface area contributed by atoms with E-state index in [2.05, 4.69) is 15.5 Å². The van der Waals surface area contributed by atoms with Gasteiger partial charge in [-0.05, 0) is 6.92 Å². The van der Waals surface area contributed by atoms with Crippen molar-refractivity contribution >= 4 is 11.6 Å². The molecule has 0 aliphatic carbocycles. The molecule has 9 heteroatoms. The van der Waals surface area contributed by atoms with Gasteiger partial charge in [0.15, 0.2) is 0 Å². The minimum atomic E-state index is -0.485. The predicted molar refractivity (Wildman–Crippen MR) is 73.3 cm³/mol. The molecule has 0 radical (unpaired) electrons. The first-order chi connectivity index (χ1) is 9.97. The lowest BCUT2D eigenvalue weighted by Crippen LogP contribution is -2.24. The summed E-state index contributed by atoms with van der Waals surface area (Å²) in [6.07, 6.45) is 4.91. The van der Waals surface area contributed by atoms with E-state index >= 15 is 0 Å². The number of aromatic nitrogens is 4. The van der Waals surface area contributed by atoms with Crippen LogP contribution in [0.1, 0.15) is 17.7 Å². The second-order valence-electron chi connectivity index (χ2n) is 4.64. The highest BCUT2D eigenvalue weighted by Crippen LogP contribution is 2.16. The third-order valence-corrected chi connectivity index (χ3v) is 3.07. The van der Waals surface area contributed by atoms with Crippen LogP contribution in [0.5, 0.6) is 0 Å². The highest BCUT2D eigenvalue weighted by molar-refractivity contribution is 5.75. The molecule has 0 atom stereocenters. The molecule has 0 fully saturated rings. The second-order valence-corrected chi connectivity index (χ2v) is 4.64. The van der Waals surface area contributed by atoms with Crippen LogP contribution >= 0.6 is 0 Å². The molecule has 0 spiro atoms. The van der Waals surface area contributed by atoms with Gasteiger partial charge in [-0.2, -0.15) is 10.2 Å². The molecule has 0 unspecified atom stereocenters. The molecule has 0 saturated carbocycles. The van der Waals surface area contributed by atoms with E-state index in [-0.39, 0.29) is 18.0 Å². The normalized spacial score (nSPS) is 10.6. The smallest absolute Gasteiger partial charge is 0.309 e. The molecule has 2 aromatic heterocycles. The molecule has 0 aromatic carbocycles. The summed E-state index contributed by atoms with van der Waals surface area (Å²) in [5.41, 5.74) is 1.32. The Labute approximate surface area is 120 Å². The number of amides is 1. The van der Waals surface area contributed by atoms with Gasteiger partial charge in [0.1, 0.15) is 11.9 Å². The van der Waals surface area contributed by atoms with Crippen molar-refractivity contribution < 1.29 is 9.72 Å². The van der Waals surface area contributed by atoms with Crippen LogP contribution in [0.25, 0.3) is 0 Å². The van der Waals surface area contributed by atoms with E-state index in [1.807, 2.05) is 6.20 Å². The maximum absolute atomic E-state index is 11.7. The Hall–Kier alpha value is -2.71. The minimum absolute atomic E-state index is 0.0363. The van der Waals surface area contributed by atoms with Crippen molar-refractivity contribution in [3.63, 3.8) is 0 Å².